The average Bonchev–Trinajstić information content (AvgIpc) is 2.79. The van der Waals surface area contributed by atoms with E-state index in [-0.39, 0.29) is 6.61 Å². The van der Waals surface area contributed by atoms with E-state index in [1.54, 1.807) is 20.4 Å². The molecule has 0 aliphatic carbocycles. The molecule has 0 aromatic heterocycles. The van der Waals surface area contributed by atoms with Crippen LogP contribution in [0.5, 0.6) is 17.2 Å². The molecule has 6 nitrogen and oxygen atoms in total. The van der Waals surface area contributed by atoms with Crippen molar-refractivity contribution >= 4 is 11.9 Å². The monoisotopic (exact) mass is 426 g/mol. The molecule has 31 heavy (non-hydrogen) atoms. The maximum atomic E-state index is 10.4. The molecule has 6 heteroatoms. The summed E-state index contributed by atoms with van der Waals surface area (Å²) in [6, 6.07) is 14.2. The quantitative estimate of drug-likeness (QED) is 0.600. The number of aliphatic imine (C=N–C) groups is 1. The van der Waals surface area contributed by atoms with Gasteiger partial charge in [-0.25, -0.2) is 0 Å². The molecular weight excluding hydrogens is 392 g/mol. The van der Waals surface area contributed by atoms with Crippen LogP contribution >= 0.6 is 0 Å². The van der Waals surface area contributed by atoms with Crippen LogP contribution in [0, 0.1) is 0 Å². The van der Waals surface area contributed by atoms with E-state index in [2.05, 4.69) is 23.7 Å². The second kappa shape index (κ2) is 11.2. The fraction of sp³-hybridized carbons (Fsp3) is 0.480. The number of aliphatic hydroxyl groups excluding tert-OH is 1. The molecule has 3 rings (SSSR count). The van der Waals surface area contributed by atoms with E-state index in [0.717, 1.165) is 17.0 Å². The second-order valence-electron chi connectivity index (χ2n) is 8.16. The number of likely N-dealkylation sites (tertiary alicyclic amines) is 1. The lowest BCUT2D eigenvalue weighted by Crippen LogP contribution is -2.48. The zero-order chi connectivity index (χ0) is 22.2. The smallest absolute Gasteiger partial charge is 0.161 e. The van der Waals surface area contributed by atoms with Gasteiger partial charge in [0.05, 0.1) is 19.9 Å². The number of ether oxygens (including phenoxy) is 3. The Balaban J connectivity index is 1.51. The first kappa shape index (κ1) is 23.1. The largest absolute Gasteiger partial charge is 0.493 e. The lowest BCUT2D eigenvalue weighted by atomic mass is 9.97. The Hall–Kier alpha value is -2.57. The van der Waals surface area contributed by atoms with Gasteiger partial charge in [-0.05, 0) is 74.7 Å². The summed E-state index contributed by atoms with van der Waals surface area (Å²) in [5.74, 6) is 2.08. The summed E-state index contributed by atoms with van der Waals surface area (Å²) < 4.78 is 16.4. The minimum absolute atomic E-state index is 0.282. The van der Waals surface area contributed by atoms with Gasteiger partial charge in [0, 0.05) is 24.8 Å². The molecule has 1 heterocycles. The Morgan fingerprint density at radius 1 is 1.03 bits per heavy atom. The van der Waals surface area contributed by atoms with Crippen molar-refractivity contribution in [3.8, 4) is 17.2 Å². The third-order valence-electron chi connectivity index (χ3n) is 5.85. The van der Waals surface area contributed by atoms with Crippen LogP contribution in [0.3, 0.4) is 0 Å². The maximum Gasteiger partial charge on any atom is 0.161 e. The van der Waals surface area contributed by atoms with Crippen LogP contribution in [0.25, 0.3) is 0 Å². The molecule has 2 aromatic carbocycles. The third-order valence-corrected chi connectivity index (χ3v) is 5.85. The van der Waals surface area contributed by atoms with E-state index in [1.165, 1.54) is 19.3 Å². The summed E-state index contributed by atoms with van der Waals surface area (Å²) in [6.07, 6.45) is 4.94. The lowest BCUT2D eigenvalue weighted by Gasteiger charge is -2.40. The summed E-state index contributed by atoms with van der Waals surface area (Å²) in [7, 11) is 3.23. The second-order valence-corrected chi connectivity index (χ2v) is 8.16. The Kier molecular flexibility index (Phi) is 8.32. The maximum absolute atomic E-state index is 10.4. The molecule has 0 amide bonds. The molecule has 1 aliphatic heterocycles. The van der Waals surface area contributed by atoms with E-state index in [0.29, 0.717) is 30.1 Å². The first-order valence-electron chi connectivity index (χ1n) is 10.9. The molecule has 1 saturated heterocycles. The van der Waals surface area contributed by atoms with E-state index >= 15 is 0 Å². The van der Waals surface area contributed by atoms with Gasteiger partial charge in [0.25, 0.3) is 0 Å². The van der Waals surface area contributed by atoms with Crippen LogP contribution in [0.15, 0.2) is 47.5 Å². The number of rotatable bonds is 9. The first-order valence-corrected chi connectivity index (χ1v) is 10.9. The number of benzene rings is 2. The van der Waals surface area contributed by atoms with Gasteiger partial charge in [0.1, 0.15) is 18.5 Å². The molecule has 1 fully saturated rings. The average molecular weight is 427 g/mol. The van der Waals surface area contributed by atoms with Crippen LogP contribution in [-0.2, 0) is 0 Å². The van der Waals surface area contributed by atoms with Gasteiger partial charge in [0.15, 0.2) is 11.5 Å². The highest BCUT2D eigenvalue weighted by Crippen LogP contribution is 2.27. The van der Waals surface area contributed by atoms with Crippen molar-refractivity contribution in [2.24, 2.45) is 4.99 Å². The van der Waals surface area contributed by atoms with Gasteiger partial charge < -0.3 is 19.3 Å². The van der Waals surface area contributed by atoms with Crippen LogP contribution in [0.2, 0.25) is 0 Å². The Morgan fingerprint density at radius 3 is 2.35 bits per heavy atom. The molecular formula is C25H34N2O4. The van der Waals surface area contributed by atoms with Crippen LogP contribution in [0.1, 0.15) is 38.7 Å². The molecule has 0 spiro atoms. The molecule has 3 atom stereocenters. The molecule has 0 unspecified atom stereocenters. The normalized spacial score (nSPS) is 20.5. The Bertz CT molecular complexity index is 843. The van der Waals surface area contributed by atoms with Gasteiger partial charge in [-0.15, -0.1) is 0 Å². The van der Waals surface area contributed by atoms with E-state index < -0.39 is 6.10 Å². The number of aliphatic hydroxyl groups is 1. The van der Waals surface area contributed by atoms with Crippen LogP contribution < -0.4 is 14.2 Å². The SMILES string of the molecule is COc1ccc(C=Nc2ccc(OC[C@H](O)CN3[C@@H](C)CCC[C@@H]3C)cc2)cc1OC. The van der Waals surface area contributed by atoms with Crippen molar-refractivity contribution in [1.29, 1.82) is 0 Å². The summed E-state index contributed by atoms with van der Waals surface area (Å²) in [6.45, 7) is 5.41. The van der Waals surface area contributed by atoms with E-state index in [9.17, 15) is 5.11 Å². The van der Waals surface area contributed by atoms with Crippen molar-refractivity contribution in [2.75, 3.05) is 27.4 Å². The topological polar surface area (TPSA) is 63.5 Å². The summed E-state index contributed by atoms with van der Waals surface area (Å²) in [4.78, 5) is 6.90. The predicted molar refractivity (Wildman–Crippen MR) is 124 cm³/mol. The van der Waals surface area contributed by atoms with Crippen molar-refractivity contribution in [3.63, 3.8) is 0 Å². The summed E-state index contributed by atoms with van der Waals surface area (Å²) in [5, 5.41) is 10.4. The van der Waals surface area contributed by atoms with E-state index in [1.807, 2.05) is 42.5 Å². The molecule has 1 aliphatic rings. The van der Waals surface area contributed by atoms with Crippen LogP contribution in [-0.4, -0.2) is 61.8 Å². The van der Waals surface area contributed by atoms with Gasteiger partial charge in [-0.1, -0.05) is 6.42 Å². The number of methoxy groups -OCH3 is 2. The van der Waals surface area contributed by atoms with Crippen LogP contribution in [0.4, 0.5) is 5.69 Å². The highest BCUT2D eigenvalue weighted by molar-refractivity contribution is 5.83. The fourth-order valence-corrected chi connectivity index (χ4v) is 4.03. The third kappa shape index (κ3) is 6.45. The minimum atomic E-state index is -0.509. The molecule has 168 valence electrons. The zero-order valence-electron chi connectivity index (χ0n) is 19.0. The standard InChI is InChI=1S/C25H34N2O4/c1-18-6-5-7-19(2)27(18)16-22(28)17-31-23-11-9-21(10-12-23)26-15-20-8-13-24(29-3)25(14-20)30-4/h8-15,18-19,22,28H,5-7,16-17H2,1-4H3/t18-,19-,22+/m0/s1. The predicted octanol–water partition coefficient (Wildman–Crippen LogP) is 4.46. The van der Waals surface area contributed by atoms with Crippen molar-refractivity contribution in [3.05, 3.63) is 48.0 Å². The van der Waals surface area contributed by atoms with Gasteiger partial charge in [0.2, 0.25) is 0 Å². The van der Waals surface area contributed by atoms with Crippen molar-refractivity contribution in [2.45, 2.75) is 51.3 Å². The molecule has 0 saturated carbocycles. The molecule has 0 bridgehead atoms. The molecule has 0 radical (unpaired) electrons. The molecule has 1 N–H and O–H groups in total. The van der Waals surface area contributed by atoms with Gasteiger partial charge in [-0.3, -0.25) is 9.89 Å². The molecule has 2 aromatic rings. The van der Waals surface area contributed by atoms with E-state index in [4.69, 9.17) is 14.2 Å². The first-order chi connectivity index (χ1) is 15.0. The number of hydrogen-bond donors (Lipinski definition) is 1. The lowest BCUT2D eigenvalue weighted by molar-refractivity contribution is 0.0209. The van der Waals surface area contributed by atoms with Gasteiger partial charge >= 0.3 is 0 Å². The fourth-order valence-electron chi connectivity index (χ4n) is 4.03. The number of hydrogen-bond acceptors (Lipinski definition) is 6. The minimum Gasteiger partial charge on any atom is -0.493 e. The number of β-amino-alcohol motifs (C(OH)–C–C–N with tert-alkyl or cyclic N) is 1. The highest BCUT2D eigenvalue weighted by atomic mass is 16.5. The van der Waals surface area contributed by atoms with Gasteiger partial charge in [-0.2, -0.15) is 0 Å². The highest BCUT2D eigenvalue weighted by Gasteiger charge is 2.26. The summed E-state index contributed by atoms with van der Waals surface area (Å²) in [5.41, 5.74) is 1.74. The van der Waals surface area contributed by atoms with Crippen molar-refractivity contribution in [1.82, 2.24) is 4.90 Å². The summed E-state index contributed by atoms with van der Waals surface area (Å²) >= 11 is 0. The van der Waals surface area contributed by atoms with Crippen molar-refractivity contribution < 1.29 is 19.3 Å². The number of nitrogens with zero attached hydrogens (tertiary/aromatic N) is 2. The Morgan fingerprint density at radius 2 is 1.71 bits per heavy atom. The Labute approximate surface area is 185 Å². The number of piperidine rings is 1. The zero-order valence-corrected chi connectivity index (χ0v) is 19.0.